The largest absolute Gasteiger partial charge is 0.481 e. The van der Waals surface area contributed by atoms with Crippen molar-refractivity contribution in [3.8, 4) is 0 Å². The number of hydrogen-bond donors (Lipinski definition) is 2. The van der Waals surface area contributed by atoms with Gasteiger partial charge in [-0.25, -0.2) is 0 Å². The molecule has 3 aliphatic rings. The number of carboxylic acid groups (broad SMARTS) is 1. The van der Waals surface area contributed by atoms with E-state index in [4.69, 9.17) is 4.74 Å². The monoisotopic (exact) mass is 465 g/mol. The molecule has 34 heavy (non-hydrogen) atoms. The van der Waals surface area contributed by atoms with Crippen LogP contribution in [0.2, 0.25) is 0 Å². The fourth-order valence-electron chi connectivity index (χ4n) is 6.38. The van der Waals surface area contributed by atoms with Gasteiger partial charge in [0, 0.05) is 24.0 Å². The molecular formula is C29H39NO4. The summed E-state index contributed by atoms with van der Waals surface area (Å²) in [6.07, 6.45) is 18.0. The Kier molecular flexibility index (Phi) is 7.92. The number of carboxylic acids is 1. The third-order valence-corrected chi connectivity index (χ3v) is 8.50. The van der Waals surface area contributed by atoms with E-state index < -0.39 is 11.9 Å². The fraction of sp³-hybridized carbons (Fsp3) is 0.586. The van der Waals surface area contributed by atoms with Crippen LogP contribution in [0, 0.1) is 41.4 Å². The van der Waals surface area contributed by atoms with Crippen molar-refractivity contribution in [3.63, 3.8) is 0 Å². The first kappa shape index (κ1) is 24.7. The van der Waals surface area contributed by atoms with Gasteiger partial charge in [-0.2, -0.15) is 0 Å². The van der Waals surface area contributed by atoms with Crippen LogP contribution in [0.25, 0.3) is 0 Å². The number of aromatic amines is 1. The molecule has 0 bridgehead atoms. The molecule has 2 heterocycles. The van der Waals surface area contributed by atoms with E-state index in [1.165, 1.54) is 18.4 Å². The Morgan fingerprint density at radius 2 is 2.12 bits per heavy atom. The van der Waals surface area contributed by atoms with Crippen LogP contribution in [-0.4, -0.2) is 34.6 Å². The number of fused-ring (bicyclic) bond motifs is 1. The van der Waals surface area contributed by atoms with Crippen LogP contribution in [0.4, 0.5) is 0 Å². The number of allylic oxidation sites excluding steroid dienone is 5. The molecule has 0 radical (unpaired) electrons. The highest BCUT2D eigenvalue weighted by Gasteiger charge is 2.42. The van der Waals surface area contributed by atoms with Crippen LogP contribution < -0.4 is 0 Å². The first-order valence-electron chi connectivity index (χ1n) is 13.0. The standard InChI is InChI=1S/C29H39NO4/c1-4-20(24-17-34-26(16-18(24)2)19(3)29(32)33)8-5-10-22-14-13-21-9-6-11-23(21)27(22)28(31)25-12-7-15-30-25/h5,7-8,10,12-15,18-19,21-24,26-27,30H,4,6,9,11,16-17H2,1-3H3,(H,32,33)/b10-5+,20-8+/t18-,19-,21-,22+,23-,24+,26-,27+/m0/s1. The van der Waals surface area contributed by atoms with Gasteiger partial charge >= 0.3 is 5.97 Å². The summed E-state index contributed by atoms with van der Waals surface area (Å²) in [6.45, 7) is 6.67. The maximum absolute atomic E-state index is 13.4. The predicted molar refractivity (Wildman–Crippen MR) is 133 cm³/mol. The van der Waals surface area contributed by atoms with Gasteiger partial charge in [0.2, 0.25) is 0 Å². The number of ether oxygens (including phenoxy) is 1. The molecule has 8 atom stereocenters. The van der Waals surface area contributed by atoms with Gasteiger partial charge in [-0.1, -0.05) is 56.2 Å². The summed E-state index contributed by atoms with van der Waals surface area (Å²) < 4.78 is 6.00. The van der Waals surface area contributed by atoms with E-state index in [0.29, 0.717) is 36.0 Å². The maximum Gasteiger partial charge on any atom is 0.308 e. The lowest BCUT2D eigenvalue weighted by Gasteiger charge is -2.37. The van der Waals surface area contributed by atoms with Gasteiger partial charge in [-0.3, -0.25) is 9.59 Å². The smallest absolute Gasteiger partial charge is 0.308 e. The number of carbonyl (C=O) groups excluding carboxylic acids is 1. The van der Waals surface area contributed by atoms with Crippen molar-refractivity contribution < 1.29 is 19.4 Å². The summed E-state index contributed by atoms with van der Waals surface area (Å²) in [4.78, 5) is 27.9. The molecule has 2 fully saturated rings. The molecule has 5 nitrogen and oxygen atoms in total. The van der Waals surface area contributed by atoms with E-state index in [1.54, 1.807) is 6.92 Å². The Bertz CT molecular complexity index is 943. The summed E-state index contributed by atoms with van der Waals surface area (Å²) in [5, 5.41) is 9.33. The molecule has 0 aromatic carbocycles. The second-order valence-corrected chi connectivity index (χ2v) is 10.5. The molecule has 4 rings (SSSR count). The molecule has 1 saturated carbocycles. The Hall–Kier alpha value is -2.40. The Labute approximate surface area is 203 Å². The SMILES string of the molecule is CC/C(=C\C=C\[C@@H]1C=C[C@@H]2CCC[C@@H]2[C@@H]1C(=O)c1ccc[nH]1)[C@@H]1CO[C@H]([C@H](C)C(=O)O)C[C@@H]1C. The first-order chi connectivity index (χ1) is 16.4. The van der Waals surface area contributed by atoms with Crippen LogP contribution in [0.15, 0.2) is 54.3 Å². The number of ketones is 1. The van der Waals surface area contributed by atoms with E-state index in [-0.39, 0.29) is 23.7 Å². The third-order valence-electron chi connectivity index (χ3n) is 8.50. The zero-order valence-electron chi connectivity index (χ0n) is 20.7. The van der Waals surface area contributed by atoms with E-state index in [0.717, 1.165) is 19.3 Å². The number of nitrogens with one attached hydrogen (secondary N) is 1. The minimum atomic E-state index is -0.793. The van der Waals surface area contributed by atoms with Crippen LogP contribution >= 0.6 is 0 Å². The van der Waals surface area contributed by atoms with Crippen LogP contribution in [0.5, 0.6) is 0 Å². The Balaban J connectivity index is 1.48. The van der Waals surface area contributed by atoms with Gasteiger partial charge in [0.1, 0.15) is 0 Å². The number of aromatic nitrogens is 1. The topological polar surface area (TPSA) is 79.4 Å². The molecule has 0 amide bonds. The number of Topliss-reactive ketones (excluding diaryl/α,β-unsaturated/α-hetero) is 1. The minimum Gasteiger partial charge on any atom is -0.481 e. The molecule has 0 spiro atoms. The minimum absolute atomic E-state index is 0.0129. The van der Waals surface area contributed by atoms with Crippen molar-refractivity contribution in [2.24, 2.45) is 41.4 Å². The number of hydrogen-bond acceptors (Lipinski definition) is 3. The second-order valence-electron chi connectivity index (χ2n) is 10.5. The molecule has 1 aromatic rings. The predicted octanol–water partition coefficient (Wildman–Crippen LogP) is 6.07. The summed E-state index contributed by atoms with van der Waals surface area (Å²) in [6, 6.07) is 3.79. The van der Waals surface area contributed by atoms with Gasteiger partial charge in [-0.15, -0.1) is 0 Å². The normalized spacial score (nSPS) is 34.8. The van der Waals surface area contributed by atoms with Gasteiger partial charge < -0.3 is 14.8 Å². The van der Waals surface area contributed by atoms with Gasteiger partial charge in [0.15, 0.2) is 5.78 Å². The van der Waals surface area contributed by atoms with Gasteiger partial charge in [0.05, 0.1) is 24.3 Å². The molecule has 5 heteroatoms. The van der Waals surface area contributed by atoms with E-state index in [1.807, 2.05) is 18.3 Å². The fourth-order valence-corrected chi connectivity index (χ4v) is 6.38. The lowest BCUT2D eigenvalue weighted by molar-refractivity contribution is -0.150. The van der Waals surface area contributed by atoms with E-state index in [9.17, 15) is 14.7 Å². The molecule has 1 aliphatic heterocycles. The molecule has 0 unspecified atom stereocenters. The maximum atomic E-state index is 13.4. The highest BCUT2D eigenvalue weighted by atomic mass is 16.5. The van der Waals surface area contributed by atoms with Crippen molar-refractivity contribution >= 4 is 11.8 Å². The lowest BCUT2D eigenvalue weighted by atomic mass is 9.69. The van der Waals surface area contributed by atoms with Crippen molar-refractivity contribution in [3.05, 3.63) is 60.0 Å². The van der Waals surface area contributed by atoms with Gasteiger partial charge in [0.25, 0.3) is 0 Å². The van der Waals surface area contributed by atoms with Crippen LogP contribution in [0.3, 0.4) is 0 Å². The molecule has 2 N–H and O–H groups in total. The molecule has 1 saturated heterocycles. The number of H-pyrrole nitrogens is 1. The lowest BCUT2D eigenvalue weighted by Crippen LogP contribution is -2.39. The second kappa shape index (κ2) is 10.9. The highest BCUT2D eigenvalue weighted by Crippen LogP contribution is 2.46. The average Bonchev–Trinajstić information content (AvgIpc) is 3.53. The molecule has 2 aliphatic carbocycles. The van der Waals surface area contributed by atoms with Crippen LogP contribution in [-0.2, 0) is 9.53 Å². The zero-order chi connectivity index (χ0) is 24.2. The van der Waals surface area contributed by atoms with Crippen molar-refractivity contribution in [1.29, 1.82) is 0 Å². The molecule has 1 aromatic heterocycles. The summed E-state index contributed by atoms with van der Waals surface area (Å²) in [7, 11) is 0. The number of rotatable bonds is 8. The van der Waals surface area contributed by atoms with Crippen molar-refractivity contribution in [2.75, 3.05) is 6.61 Å². The molecular weight excluding hydrogens is 426 g/mol. The van der Waals surface area contributed by atoms with Crippen molar-refractivity contribution in [2.45, 2.75) is 59.0 Å². The van der Waals surface area contributed by atoms with E-state index in [2.05, 4.69) is 49.2 Å². The summed E-state index contributed by atoms with van der Waals surface area (Å²) >= 11 is 0. The Morgan fingerprint density at radius 1 is 1.29 bits per heavy atom. The average molecular weight is 466 g/mol. The highest BCUT2D eigenvalue weighted by molar-refractivity contribution is 5.97. The summed E-state index contributed by atoms with van der Waals surface area (Å²) in [5.74, 6) is 0.657. The quantitative estimate of drug-likeness (QED) is 0.277. The van der Waals surface area contributed by atoms with E-state index >= 15 is 0 Å². The van der Waals surface area contributed by atoms with Crippen LogP contribution in [0.1, 0.15) is 63.4 Å². The Morgan fingerprint density at radius 3 is 2.79 bits per heavy atom. The third kappa shape index (κ3) is 5.14. The number of carbonyl (C=O) groups is 2. The summed E-state index contributed by atoms with van der Waals surface area (Å²) in [5.41, 5.74) is 2.04. The zero-order valence-corrected chi connectivity index (χ0v) is 20.7. The number of aliphatic carboxylic acids is 1. The van der Waals surface area contributed by atoms with Crippen molar-refractivity contribution in [1.82, 2.24) is 4.98 Å². The van der Waals surface area contributed by atoms with Gasteiger partial charge in [-0.05, 0) is 62.5 Å². The first-order valence-corrected chi connectivity index (χ1v) is 13.0. The molecule has 184 valence electrons.